The summed E-state index contributed by atoms with van der Waals surface area (Å²) in [5.41, 5.74) is 9.02. The molecule has 0 saturated heterocycles. The lowest BCUT2D eigenvalue weighted by Gasteiger charge is -2.11. The Labute approximate surface area is 98.2 Å². The number of nitrogen functional groups attached to an aromatic ring is 1. The Morgan fingerprint density at radius 2 is 2.06 bits per heavy atom. The topological polar surface area (TPSA) is 38.0 Å². The molecule has 0 bridgehead atoms. The molecule has 88 valence electrons. The van der Waals surface area contributed by atoms with Crippen LogP contribution in [0.25, 0.3) is 0 Å². The lowest BCUT2D eigenvalue weighted by Crippen LogP contribution is -2.06. The molecule has 0 amide bonds. The van der Waals surface area contributed by atoms with Crippen molar-refractivity contribution in [1.82, 2.24) is 0 Å². The second kappa shape index (κ2) is 5.24. The zero-order valence-corrected chi connectivity index (χ0v) is 10.1. The molecule has 2 rings (SSSR count). The van der Waals surface area contributed by atoms with E-state index in [0.717, 1.165) is 23.7 Å². The first-order valence-electron chi connectivity index (χ1n) is 6.36. The Hall–Kier alpha value is -1.18. The van der Waals surface area contributed by atoms with Crippen LogP contribution < -0.4 is 11.1 Å². The molecule has 1 fully saturated rings. The normalized spacial score (nSPS) is 16.6. The smallest absolute Gasteiger partial charge is 0.0345 e. The summed E-state index contributed by atoms with van der Waals surface area (Å²) in [7, 11) is 0. The summed E-state index contributed by atoms with van der Waals surface area (Å²) in [6.45, 7) is 3.14. The summed E-state index contributed by atoms with van der Waals surface area (Å²) >= 11 is 0. The van der Waals surface area contributed by atoms with Crippen LogP contribution in [0.4, 0.5) is 11.4 Å². The average molecular weight is 218 g/mol. The van der Waals surface area contributed by atoms with Gasteiger partial charge in [0.15, 0.2) is 0 Å². The van der Waals surface area contributed by atoms with Gasteiger partial charge in [-0.1, -0.05) is 25.7 Å². The van der Waals surface area contributed by atoms with Crippen LogP contribution in [-0.4, -0.2) is 6.54 Å². The van der Waals surface area contributed by atoms with Crippen molar-refractivity contribution in [3.05, 3.63) is 23.8 Å². The number of nitrogens with one attached hydrogen (secondary N) is 1. The molecule has 0 radical (unpaired) electrons. The predicted octanol–water partition coefficient (Wildman–Crippen LogP) is 3.57. The van der Waals surface area contributed by atoms with E-state index in [1.165, 1.54) is 37.8 Å². The SMILES string of the molecule is Cc1cc(NCCC2CCCC2)ccc1N. The van der Waals surface area contributed by atoms with Crippen molar-refractivity contribution < 1.29 is 0 Å². The number of benzene rings is 1. The van der Waals surface area contributed by atoms with Crippen LogP contribution in [0.15, 0.2) is 18.2 Å². The number of anilines is 2. The maximum Gasteiger partial charge on any atom is 0.0345 e. The summed E-state index contributed by atoms with van der Waals surface area (Å²) in [6, 6.07) is 6.17. The van der Waals surface area contributed by atoms with E-state index < -0.39 is 0 Å². The average Bonchev–Trinajstić information content (AvgIpc) is 2.76. The molecule has 0 atom stereocenters. The highest BCUT2D eigenvalue weighted by molar-refractivity contribution is 5.56. The molecule has 2 heteroatoms. The van der Waals surface area contributed by atoms with Gasteiger partial charge in [0.25, 0.3) is 0 Å². The zero-order chi connectivity index (χ0) is 11.4. The number of rotatable bonds is 4. The molecular formula is C14H22N2. The highest BCUT2D eigenvalue weighted by Gasteiger charge is 2.13. The van der Waals surface area contributed by atoms with E-state index in [1.54, 1.807) is 0 Å². The number of hydrogen-bond acceptors (Lipinski definition) is 2. The third-order valence-corrected chi connectivity index (χ3v) is 3.63. The maximum absolute atomic E-state index is 5.79. The molecule has 1 aromatic carbocycles. The number of hydrogen-bond donors (Lipinski definition) is 2. The first-order chi connectivity index (χ1) is 7.75. The molecule has 3 N–H and O–H groups in total. The van der Waals surface area contributed by atoms with E-state index in [1.807, 2.05) is 6.07 Å². The molecule has 16 heavy (non-hydrogen) atoms. The van der Waals surface area contributed by atoms with Crippen LogP contribution in [0.5, 0.6) is 0 Å². The first-order valence-corrected chi connectivity index (χ1v) is 6.36. The summed E-state index contributed by atoms with van der Waals surface area (Å²) in [6.07, 6.45) is 7.05. The molecule has 1 aliphatic rings. The van der Waals surface area contributed by atoms with E-state index in [2.05, 4.69) is 24.4 Å². The molecule has 0 heterocycles. The Morgan fingerprint density at radius 1 is 1.31 bits per heavy atom. The summed E-state index contributed by atoms with van der Waals surface area (Å²) in [5, 5.41) is 3.48. The number of nitrogens with two attached hydrogens (primary N) is 1. The van der Waals surface area contributed by atoms with Crippen LogP contribution in [0.2, 0.25) is 0 Å². The van der Waals surface area contributed by atoms with Gasteiger partial charge in [-0.25, -0.2) is 0 Å². The monoisotopic (exact) mass is 218 g/mol. The highest BCUT2D eigenvalue weighted by atomic mass is 14.9. The van der Waals surface area contributed by atoms with Crippen molar-refractivity contribution in [2.24, 2.45) is 5.92 Å². The molecule has 1 aliphatic carbocycles. The van der Waals surface area contributed by atoms with Gasteiger partial charge in [0.2, 0.25) is 0 Å². The number of aryl methyl sites for hydroxylation is 1. The summed E-state index contributed by atoms with van der Waals surface area (Å²) < 4.78 is 0. The molecule has 0 aliphatic heterocycles. The van der Waals surface area contributed by atoms with Crippen LogP contribution in [0.3, 0.4) is 0 Å². The Morgan fingerprint density at radius 3 is 2.75 bits per heavy atom. The molecule has 0 aromatic heterocycles. The van der Waals surface area contributed by atoms with Gasteiger partial charge in [-0.05, 0) is 43.0 Å². The van der Waals surface area contributed by atoms with Crippen molar-refractivity contribution in [3.63, 3.8) is 0 Å². The van der Waals surface area contributed by atoms with Gasteiger partial charge in [-0.15, -0.1) is 0 Å². The van der Waals surface area contributed by atoms with E-state index in [4.69, 9.17) is 5.73 Å². The van der Waals surface area contributed by atoms with Gasteiger partial charge in [-0.2, -0.15) is 0 Å². The van der Waals surface area contributed by atoms with Gasteiger partial charge < -0.3 is 11.1 Å². The van der Waals surface area contributed by atoms with Crippen molar-refractivity contribution in [3.8, 4) is 0 Å². The van der Waals surface area contributed by atoms with Crippen LogP contribution >= 0.6 is 0 Å². The Kier molecular flexibility index (Phi) is 3.70. The van der Waals surface area contributed by atoms with E-state index in [9.17, 15) is 0 Å². The molecular weight excluding hydrogens is 196 g/mol. The maximum atomic E-state index is 5.79. The van der Waals surface area contributed by atoms with Gasteiger partial charge in [-0.3, -0.25) is 0 Å². The first kappa shape index (κ1) is 11.3. The minimum atomic E-state index is 0.876. The van der Waals surface area contributed by atoms with Gasteiger partial charge in [0.1, 0.15) is 0 Å². The highest BCUT2D eigenvalue weighted by Crippen LogP contribution is 2.27. The van der Waals surface area contributed by atoms with Crippen LogP contribution in [0.1, 0.15) is 37.7 Å². The molecule has 1 aromatic rings. The molecule has 0 unspecified atom stereocenters. The Balaban J connectivity index is 1.78. The second-order valence-corrected chi connectivity index (χ2v) is 4.94. The lowest BCUT2D eigenvalue weighted by atomic mass is 10.0. The largest absolute Gasteiger partial charge is 0.399 e. The van der Waals surface area contributed by atoms with Crippen molar-refractivity contribution in [2.45, 2.75) is 39.0 Å². The fraction of sp³-hybridized carbons (Fsp3) is 0.571. The van der Waals surface area contributed by atoms with Crippen LogP contribution in [0, 0.1) is 12.8 Å². The van der Waals surface area contributed by atoms with Crippen molar-refractivity contribution in [2.75, 3.05) is 17.6 Å². The second-order valence-electron chi connectivity index (χ2n) is 4.94. The zero-order valence-electron chi connectivity index (χ0n) is 10.1. The van der Waals surface area contributed by atoms with Gasteiger partial charge >= 0.3 is 0 Å². The summed E-state index contributed by atoms with van der Waals surface area (Å²) in [5.74, 6) is 0.961. The standard InChI is InChI=1S/C14H22N2/c1-11-10-13(6-7-14(11)15)16-9-8-12-4-2-3-5-12/h6-7,10,12,16H,2-5,8-9,15H2,1H3. The molecule has 1 saturated carbocycles. The fourth-order valence-electron chi connectivity index (χ4n) is 2.51. The Bertz CT molecular complexity index is 341. The minimum Gasteiger partial charge on any atom is -0.399 e. The van der Waals surface area contributed by atoms with Crippen molar-refractivity contribution >= 4 is 11.4 Å². The fourth-order valence-corrected chi connectivity index (χ4v) is 2.51. The molecule has 0 spiro atoms. The van der Waals surface area contributed by atoms with Crippen LogP contribution in [-0.2, 0) is 0 Å². The minimum absolute atomic E-state index is 0.876. The predicted molar refractivity (Wildman–Crippen MR) is 70.7 cm³/mol. The van der Waals surface area contributed by atoms with Crippen molar-refractivity contribution in [1.29, 1.82) is 0 Å². The lowest BCUT2D eigenvalue weighted by molar-refractivity contribution is 0.518. The van der Waals surface area contributed by atoms with E-state index in [-0.39, 0.29) is 0 Å². The van der Waals surface area contributed by atoms with E-state index in [0.29, 0.717) is 0 Å². The quantitative estimate of drug-likeness (QED) is 0.758. The molecule has 2 nitrogen and oxygen atoms in total. The third-order valence-electron chi connectivity index (χ3n) is 3.63. The van der Waals surface area contributed by atoms with E-state index >= 15 is 0 Å². The third kappa shape index (κ3) is 2.91. The van der Waals surface area contributed by atoms with Gasteiger partial charge in [0.05, 0.1) is 0 Å². The summed E-state index contributed by atoms with van der Waals surface area (Å²) in [4.78, 5) is 0. The van der Waals surface area contributed by atoms with Gasteiger partial charge in [0, 0.05) is 17.9 Å².